The summed E-state index contributed by atoms with van der Waals surface area (Å²) in [5.74, 6) is 2.02. The van der Waals surface area contributed by atoms with Crippen molar-refractivity contribution in [2.45, 2.75) is 5.16 Å². The van der Waals surface area contributed by atoms with Crippen LogP contribution in [0.15, 0.2) is 52.2 Å². The SMILES string of the molecule is COc1cccc(-c2nnc(SCC(=O)Nc3ccc(Br)cn3)n2C)c1. The number of hydrogen-bond donors (Lipinski definition) is 1. The molecule has 0 aliphatic rings. The van der Waals surface area contributed by atoms with Gasteiger partial charge in [0.1, 0.15) is 11.6 Å². The van der Waals surface area contributed by atoms with E-state index in [0.29, 0.717) is 16.8 Å². The zero-order valence-corrected chi connectivity index (χ0v) is 16.5. The fraction of sp³-hybridized carbons (Fsp3) is 0.176. The van der Waals surface area contributed by atoms with Crippen LogP contribution in [0, 0.1) is 0 Å². The Morgan fingerprint density at radius 1 is 1.31 bits per heavy atom. The van der Waals surface area contributed by atoms with Crippen molar-refractivity contribution in [2.24, 2.45) is 7.05 Å². The van der Waals surface area contributed by atoms with E-state index in [4.69, 9.17) is 4.74 Å². The monoisotopic (exact) mass is 433 g/mol. The van der Waals surface area contributed by atoms with Crippen LogP contribution in [0.3, 0.4) is 0 Å². The fourth-order valence-corrected chi connectivity index (χ4v) is 3.16. The highest BCUT2D eigenvalue weighted by Gasteiger charge is 2.13. The van der Waals surface area contributed by atoms with Crippen LogP contribution in [0.4, 0.5) is 5.82 Å². The molecule has 1 aromatic carbocycles. The molecule has 1 N–H and O–H groups in total. The van der Waals surface area contributed by atoms with E-state index in [1.807, 2.05) is 41.9 Å². The van der Waals surface area contributed by atoms with E-state index in [0.717, 1.165) is 15.8 Å². The second-order valence-corrected chi connectivity index (χ2v) is 7.15. The van der Waals surface area contributed by atoms with E-state index in [1.54, 1.807) is 19.4 Å². The van der Waals surface area contributed by atoms with Crippen LogP contribution in [-0.4, -0.2) is 38.5 Å². The van der Waals surface area contributed by atoms with Crippen LogP contribution in [0.2, 0.25) is 0 Å². The molecular formula is C17H16BrN5O2S. The van der Waals surface area contributed by atoms with Crippen LogP contribution in [0.25, 0.3) is 11.4 Å². The number of benzene rings is 1. The molecule has 2 aromatic heterocycles. The topological polar surface area (TPSA) is 81.9 Å². The minimum atomic E-state index is -0.157. The molecule has 0 aliphatic carbocycles. The molecule has 9 heteroatoms. The Labute approximate surface area is 163 Å². The van der Waals surface area contributed by atoms with Crippen LogP contribution in [-0.2, 0) is 11.8 Å². The second-order valence-electron chi connectivity index (χ2n) is 5.30. The van der Waals surface area contributed by atoms with Gasteiger partial charge in [-0.05, 0) is 40.2 Å². The Bertz CT molecular complexity index is 914. The summed E-state index contributed by atoms with van der Waals surface area (Å²) < 4.78 is 7.95. The molecule has 0 fully saturated rings. The summed E-state index contributed by atoms with van der Waals surface area (Å²) in [7, 11) is 3.49. The standard InChI is InChI=1S/C17H16BrN5O2S/c1-23-16(11-4-3-5-13(8-11)25-2)21-22-17(23)26-10-15(24)20-14-7-6-12(18)9-19-14/h3-9H,10H2,1-2H3,(H,19,20,24). The number of hydrogen-bond acceptors (Lipinski definition) is 6. The van der Waals surface area contributed by atoms with Gasteiger partial charge in [-0.25, -0.2) is 4.98 Å². The summed E-state index contributed by atoms with van der Waals surface area (Å²) in [4.78, 5) is 16.2. The van der Waals surface area contributed by atoms with Crippen LogP contribution >= 0.6 is 27.7 Å². The quantitative estimate of drug-likeness (QED) is 0.599. The van der Waals surface area contributed by atoms with E-state index < -0.39 is 0 Å². The molecule has 0 aliphatic heterocycles. The predicted molar refractivity (Wildman–Crippen MR) is 104 cm³/mol. The number of nitrogens with zero attached hydrogens (tertiary/aromatic N) is 4. The molecule has 0 saturated carbocycles. The van der Waals surface area contributed by atoms with Gasteiger partial charge >= 0.3 is 0 Å². The number of ether oxygens (including phenoxy) is 1. The van der Waals surface area contributed by atoms with Gasteiger partial charge < -0.3 is 14.6 Å². The molecule has 0 spiro atoms. The lowest BCUT2D eigenvalue weighted by molar-refractivity contribution is -0.113. The van der Waals surface area contributed by atoms with E-state index in [1.165, 1.54) is 11.8 Å². The minimum absolute atomic E-state index is 0.157. The first-order valence-electron chi connectivity index (χ1n) is 7.65. The van der Waals surface area contributed by atoms with Crippen molar-refractivity contribution in [3.05, 3.63) is 47.1 Å². The number of aromatic nitrogens is 4. The Kier molecular flexibility index (Phi) is 5.89. The molecular weight excluding hydrogens is 418 g/mol. The lowest BCUT2D eigenvalue weighted by Crippen LogP contribution is -2.15. The highest BCUT2D eigenvalue weighted by atomic mass is 79.9. The third kappa shape index (κ3) is 4.41. The number of methoxy groups -OCH3 is 1. The van der Waals surface area contributed by atoms with E-state index in [-0.39, 0.29) is 11.7 Å². The number of carbonyl (C=O) groups is 1. The summed E-state index contributed by atoms with van der Waals surface area (Å²) in [6.45, 7) is 0. The van der Waals surface area contributed by atoms with Crippen molar-refractivity contribution in [3.8, 4) is 17.1 Å². The zero-order valence-electron chi connectivity index (χ0n) is 14.1. The van der Waals surface area contributed by atoms with Crippen molar-refractivity contribution in [2.75, 3.05) is 18.2 Å². The maximum atomic E-state index is 12.1. The smallest absolute Gasteiger partial charge is 0.236 e. The largest absolute Gasteiger partial charge is 0.497 e. The molecule has 0 bridgehead atoms. The lowest BCUT2D eigenvalue weighted by atomic mass is 10.2. The maximum Gasteiger partial charge on any atom is 0.236 e. The first kappa shape index (κ1) is 18.4. The molecule has 0 saturated heterocycles. The van der Waals surface area contributed by atoms with E-state index >= 15 is 0 Å². The molecule has 0 unspecified atom stereocenters. The predicted octanol–water partition coefficient (Wildman–Crippen LogP) is 3.38. The normalized spacial score (nSPS) is 10.6. The van der Waals surface area contributed by atoms with Gasteiger partial charge in [-0.3, -0.25) is 4.79 Å². The third-order valence-electron chi connectivity index (χ3n) is 3.49. The number of anilines is 1. The van der Waals surface area contributed by atoms with Crippen molar-refractivity contribution in [3.63, 3.8) is 0 Å². The summed E-state index contributed by atoms with van der Waals surface area (Å²) in [5, 5.41) is 11.8. The lowest BCUT2D eigenvalue weighted by Gasteiger charge is -2.06. The first-order chi connectivity index (χ1) is 12.6. The Balaban J connectivity index is 1.64. The molecule has 7 nitrogen and oxygen atoms in total. The summed E-state index contributed by atoms with van der Waals surface area (Å²) in [6.07, 6.45) is 1.63. The molecule has 3 aromatic rings. The maximum absolute atomic E-state index is 12.1. The highest BCUT2D eigenvalue weighted by molar-refractivity contribution is 9.10. The molecule has 2 heterocycles. The van der Waals surface area contributed by atoms with Gasteiger partial charge in [0.05, 0.1) is 12.9 Å². The summed E-state index contributed by atoms with van der Waals surface area (Å²) >= 11 is 4.62. The Morgan fingerprint density at radius 3 is 2.88 bits per heavy atom. The van der Waals surface area contributed by atoms with Crippen LogP contribution in [0.1, 0.15) is 0 Å². The molecule has 0 atom stereocenters. The number of carbonyl (C=O) groups excluding carboxylic acids is 1. The average Bonchev–Trinajstić information content (AvgIpc) is 3.02. The van der Waals surface area contributed by atoms with Crippen molar-refractivity contribution >= 4 is 39.4 Å². The summed E-state index contributed by atoms with van der Waals surface area (Å²) in [5.41, 5.74) is 0.898. The van der Waals surface area contributed by atoms with E-state index in [9.17, 15) is 4.79 Å². The highest BCUT2D eigenvalue weighted by Crippen LogP contribution is 2.25. The first-order valence-corrected chi connectivity index (χ1v) is 9.42. The number of rotatable bonds is 6. The van der Waals surface area contributed by atoms with Crippen molar-refractivity contribution in [1.29, 1.82) is 0 Å². The van der Waals surface area contributed by atoms with E-state index in [2.05, 4.69) is 36.4 Å². The van der Waals surface area contributed by atoms with Gasteiger partial charge in [0.15, 0.2) is 11.0 Å². The van der Waals surface area contributed by atoms with Gasteiger partial charge in [-0.2, -0.15) is 0 Å². The third-order valence-corrected chi connectivity index (χ3v) is 4.98. The average molecular weight is 434 g/mol. The van der Waals surface area contributed by atoms with Crippen LogP contribution in [0.5, 0.6) is 5.75 Å². The Morgan fingerprint density at radius 2 is 2.15 bits per heavy atom. The second kappa shape index (κ2) is 8.33. The number of amides is 1. The number of nitrogens with one attached hydrogen (secondary N) is 1. The number of thioether (sulfide) groups is 1. The van der Waals surface area contributed by atoms with Gasteiger partial charge in [-0.1, -0.05) is 23.9 Å². The molecule has 134 valence electrons. The van der Waals surface area contributed by atoms with Gasteiger partial charge in [0.25, 0.3) is 0 Å². The van der Waals surface area contributed by atoms with Gasteiger partial charge in [-0.15, -0.1) is 10.2 Å². The summed E-state index contributed by atoms with van der Waals surface area (Å²) in [6, 6.07) is 11.1. The van der Waals surface area contributed by atoms with Gasteiger partial charge in [0, 0.05) is 23.3 Å². The van der Waals surface area contributed by atoms with Gasteiger partial charge in [0.2, 0.25) is 5.91 Å². The molecule has 1 amide bonds. The van der Waals surface area contributed by atoms with Crippen LogP contribution < -0.4 is 10.1 Å². The van der Waals surface area contributed by atoms with Crippen molar-refractivity contribution < 1.29 is 9.53 Å². The molecule has 3 rings (SSSR count). The fourth-order valence-electron chi connectivity index (χ4n) is 2.21. The number of halogens is 1. The molecule has 26 heavy (non-hydrogen) atoms. The Hall–Kier alpha value is -2.39. The zero-order chi connectivity index (χ0) is 18.5. The van der Waals surface area contributed by atoms with Crippen molar-refractivity contribution in [1.82, 2.24) is 19.7 Å². The number of pyridine rings is 1. The molecule has 0 radical (unpaired) electrons. The minimum Gasteiger partial charge on any atom is -0.497 e.